The molecule has 1 heterocycles. The van der Waals surface area contributed by atoms with Gasteiger partial charge in [-0.05, 0) is 12.1 Å². The number of hydrogen-bond donors (Lipinski definition) is 3. The monoisotopic (exact) mass is 248 g/mol. The van der Waals surface area contributed by atoms with Gasteiger partial charge in [0, 0.05) is 23.4 Å². The summed E-state index contributed by atoms with van der Waals surface area (Å²) in [5.74, 6) is 2.02. The van der Waals surface area contributed by atoms with Gasteiger partial charge in [0.05, 0.1) is 23.1 Å². The molecule has 4 nitrogen and oxygen atoms in total. The third kappa shape index (κ3) is 2.94. The fraction of sp³-hybridized carbons (Fsp3) is 0.250. The van der Waals surface area contributed by atoms with Gasteiger partial charge in [-0.2, -0.15) is 16.9 Å². The predicted octanol–water partition coefficient (Wildman–Crippen LogP) is 2.48. The summed E-state index contributed by atoms with van der Waals surface area (Å²) < 4.78 is 0. The van der Waals surface area contributed by atoms with E-state index in [0.29, 0.717) is 0 Å². The number of fused-ring (bicyclic) bond motifs is 1. The minimum absolute atomic E-state index is 0.757. The maximum Gasteiger partial charge on any atom is 0.0672 e. The van der Waals surface area contributed by atoms with E-state index in [-0.39, 0.29) is 0 Å². The van der Waals surface area contributed by atoms with Crippen LogP contribution < -0.4 is 11.1 Å². The van der Waals surface area contributed by atoms with Crippen LogP contribution in [0.2, 0.25) is 0 Å². The number of anilines is 2. The van der Waals surface area contributed by atoms with E-state index in [1.54, 1.807) is 6.20 Å². The lowest BCUT2D eigenvalue weighted by Crippen LogP contribution is -2.06. The van der Waals surface area contributed by atoms with Crippen molar-refractivity contribution in [1.29, 1.82) is 0 Å². The highest BCUT2D eigenvalue weighted by atomic mass is 32.2. The quantitative estimate of drug-likeness (QED) is 0.417. The van der Waals surface area contributed by atoms with E-state index in [2.05, 4.69) is 22.1 Å². The maximum atomic E-state index is 5.96. The summed E-state index contributed by atoms with van der Waals surface area (Å²) in [4.78, 5) is 0. The van der Waals surface area contributed by atoms with Gasteiger partial charge in [0.25, 0.3) is 0 Å². The molecule has 2 rings (SSSR count). The van der Waals surface area contributed by atoms with Gasteiger partial charge in [0.15, 0.2) is 0 Å². The van der Waals surface area contributed by atoms with Crippen LogP contribution in [0.5, 0.6) is 0 Å². The second-order valence-electron chi connectivity index (χ2n) is 3.69. The molecule has 0 unspecified atom stereocenters. The van der Waals surface area contributed by atoms with Gasteiger partial charge in [0.1, 0.15) is 0 Å². The van der Waals surface area contributed by atoms with Crippen LogP contribution in [0.4, 0.5) is 11.4 Å². The lowest BCUT2D eigenvalue weighted by atomic mass is 10.2. The molecule has 0 amide bonds. The van der Waals surface area contributed by atoms with Crippen LogP contribution >= 0.6 is 11.8 Å². The Bertz CT molecular complexity index is 506. The molecule has 0 radical (unpaired) electrons. The Morgan fingerprint density at radius 2 is 2.41 bits per heavy atom. The zero-order valence-electron chi connectivity index (χ0n) is 9.57. The predicted molar refractivity (Wildman–Crippen MR) is 76.5 cm³/mol. The molecule has 0 saturated heterocycles. The van der Waals surface area contributed by atoms with Crippen LogP contribution in [0.3, 0.4) is 0 Å². The molecule has 0 atom stereocenters. The van der Waals surface area contributed by atoms with Crippen molar-refractivity contribution in [2.24, 2.45) is 0 Å². The number of thioether (sulfide) groups is 1. The number of nitrogens with two attached hydrogens (primary N) is 1. The number of nitrogens with zero attached hydrogens (tertiary/aromatic N) is 1. The Balaban J connectivity index is 1.97. The van der Waals surface area contributed by atoms with Crippen LogP contribution in [0, 0.1) is 0 Å². The van der Waals surface area contributed by atoms with E-state index < -0.39 is 0 Å². The number of nitrogen functional groups attached to an aromatic ring is 1. The minimum Gasteiger partial charge on any atom is -0.397 e. The third-order valence-electron chi connectivity index (χ3n) is 2.41. The average molecular weight is 248 g/mol. The molecule has 0 aliphatic heterocycles. The SMILES string of the molecule is C=CCSCCNc1cc2[nH]ncc2cc1N. The fourth-order valence-corrected chi connectivity index (χ4v) is 2.17. The van der Waals surface area contributed by atoms with Crippen molar-refractivity contribution in [3.05, 3.63) is 31.0 Å². The van der Waals surface area contributed by atoms with E-state index in [0.717, 1.165) is 40.3 Å². The maximum absolute atomic E-state index is 5.96. The second-order valence-corrected chi connectivity index (χ2v) is 4.84. The molecule has 17 heavy (non-hydrogen) atoms. The van der Waals surface area contributed by atoms with Gasteiger partial charge in [-0.15, -0.1) is 6.58 Å². The zero-order chi connectivity index (χ0) is 12.1. The third-order valence-corrected chi connectivity index (χ3v) is 3.37. The van der Waals surface area contributed by atoms with Gasteiger partial charge >= 0.3 is 0 Å². The first-order valence-electron chi connectivity index (χ1n) is 5.46. The molecule has 4 N–H and O–H groups in total. The smallest absolute Gasteiger partial charge is 0.0672 e. The van der Waals surface area contributed by atoms with Crippen LogP contribution in [-0.4, -0.2) is 28.2 Å². The second kappa shape index (κ2) is 5.63. The van der Waals surface area contributed by atoms with Gasteiger partial charge in [0.2, 0.25) is 0 Å². The number of nitrogens with one attached hydrogen (secondary N) is 2. The first-order chi connectivity index (χ1) is 8.31. The molecule has 0 bridgehead atoms. The molecular formula is C12H16N4S. The largest absolute Gasteiger partial charge is 0.397 e. The summed E-state index contributed by atoms with van der Waals surface area (Å²) in [6.07, 6.45) is 3.69. The number of aromatic amines is 1. The highest BCUT2D eigenvalue weighted by molar-refractivity contribution is 7.99. The molecule has 0 saturated carbocycles. The highest BCUT2D eigenvalue weighted by Gasteiger charge is 2.02. The van der Waals surface area contributed by atoms with E-state index in [1.165, 1.54) is 0 Å². The first kappa shape index (κ1) is 11.9. The number of rotatable bonds is 6. The molecule has 5 heteroatoms. The van der Waals surface area contributed by atoms with Gasteiger partial charge in [-0.25, -0.2) is 0 Å². The van der Waals surface area contributed by atoms with Gasteiger partial charge < -0.3 is 11.1 Å². The van der Waals surface area contributed by atoms with E-state index in [9.17, 15) is 0 Å². The van der Waals surface area contributed by atoms with Crippen molar-refractivity contribution in [3.8, 4) is 0 Å². The molecule has 0 aliphatic carbocycles. The van der Waals surface area contributed by atoms with Crippen LogP contribution in [-0.2, 0) is 0 Å². The van der Waals surface area contributed by atoms with Crippen molar-refractivity contribution in [2.45, 2.75) is 0 Å². The molecule has 90 valence electrons. The molecule has 0 aliphatic rings. The Hall–Kier alpha value is -1.62. The van der Waals surface area contributed by atoms with Crippen molar-refractivity contribution < 1.29 is 0 Å². The van der Waals surface area contributed by atoms with Gasteiger partial charge in [-0.1, -0.05) is 6.08 Å². The topological polar surface area (TPSA) is 66.7 Å². The molecule has 2 aromatic rings. The standard InChI is InChI=1S/C12H16N4S/c1-2-4-17-5-3-14-12-7-11-9(6-10(12)13)8-15-16-11/h2,6-8,14H,1,3-5,13H2,(H,15,16). The van der Waals surface area contributed by atoms with Crippen molar-refractivity contribution in [1.82, 2.24) is 10.2 Å². The fourth-order valence-electron chi connectivity index (χ4n) is 1.59. The van der Waals surface area contributed by atoms with E-state index in [4.69, 9.17) is 5.73 Å². The Labute approximate surface area is 105 Å². The number of benzene rings is 1. The first-order valence-corrected chi connectivity index (χ1v) is 6.62. The minimum atomic E-state index is 0.757. The van der Waals surface area contributed by atoms with E-state index >= 15 is 0 Å². The Kier molecular flexibility index (Phi) is 3.93. The lowest BCUT2D eigenvalue weighted by molar-refractivity contribution is 1.12. The van der Waals surface area contributed by atoms with Crippen molar-refractivity contribution in [2.75, 3.05) is 29.1 Å². The number of aromatic nitrogens is 2. The van der Waals surface area contributed by atoms with Crippen LogP contribution in [0.15, 0.2) is 31.0 Å². The Morgan fingerprint density at radius 1 is 1.53 bits per heavy atom. The van der Waals surface area contributed by atoms with Crippen LogP contribution in [0.1, 0.15) is 0 Å². The number of hydrogen-bond acceptors (Lipinski definition) is 4. The molecular weight excluding hydrogens is 232 g/mol. The summed E-state index contributed by atoms with van der Waals surface area (Å²) in [6.45, 7) is 4.58. The highest BCUT2D eigenvalue weighted by Crippen LogP contribution is 2.24. The summed E-state index contributed by atoms with van der Waals surface area (Å²) in [6, 6.07) is 3.92. The molecule has 0 spiro atoms. The van der Waals surface area contributed by atoms with E-state index in [1.807, 2.05) is 30.0 Å². The average Bonchev–Trinajstić information content (AvgIpc) is 2.76. The van der Waals surface area contributed by atoms with Crippen molar-refractivity contribution >= 4 is 34.0 Å². The normalized spacial score (nSPS) is 10.6. The van der Waals surface area contributed by atoms with Gasteiger partial charge in [-0.3, -0.25) is 5.10 Å². The summed E-state index contributed by atoms with van der Waals surface area (Å²) in [5, 5.41) is 11.3. The molecule has 1 aromatic heterocycles. The lowest BCUT2D eigenvalue weighted by Gasteiger charge is -2.08. The summed E-state index contributed by atoms with van der Waals surface area (Å²) in [7, 11) is 0. The molecule has 1 aromatic carbocycles. The summed E-state index contributed by atoms with van der Waals surface area (Å²) >= 11 is 1.84. The Morgan fingerprint density at radius 3 is 3.24 bits per heavy atom. The summed E-state index contributed by atoms with van der Waals surface area (Å²) in [5.41, 5.74) is 8.68. The molecule has 0 fully saturated rings. The number of H-pyrrole nitrogens is 1. The zero-order valence-corrected chi connectivity index (χ0v) is 10.4. The van der Waals surface area contributed by atoms with Crippen LogP contribution in [0.25, 0.3) is 10.9 Å². The van der Waals surface area contributed by atoms with Crippen molar-refractivity contribution in [3.63, 3.8) is 0 Å².